The molecule has 0 aliphatic carbocycles. The summed E-state index contributed by atoms with van der Waals surface area (Å²) in [6.45, 7) is 2.43. The van der Waals surface area contributed by atoms with Gasteiger partial charge < -0.3 is 9.84 Å². The van der Waals surface area contributed by atoms with Gasteiger partial charge in [-0.15, -0.1) is 0 Å². The molecule has 2 nitrogen and oxygen atoms in total. The van der Waals surface area contributed by atoms with Crippen LogP contribution in [0.4, 0.5) is 13.2 Å². The Balaban J connectivity index is 3.30. The first-order valence-corrected chi connectivity index (χ1v) is 4.65. The Morgan fingerprint density at radius 3 is 2.29 bits per heavy atom. The Morgan fingerprint density at radius 2 is 1.86 bits per heavy atom. The molecule has 1 N–H and O–H groups in total. The topological polar surface area (TPSA) is 29.5 Å². The second kappa shape index (κ2) is 6.24. The van der Waals surface area contributed by atoms with E-state index in [1.54, 1.807) is 6.92 Å². The van der Waals surface area contributed by atoms with Crippen LogP contribution >= 0.6 is 0 Å². The Labute approximate surface area is 82.1 Å². The van der Waals surface area contributed by atoms with Crippen LogP contribution in [0.5, 0.6) is 0 Å². The molecule has 0 spiro atoms. The van der Waals surface area contributed by atoms with Crippen LogP contribution in [-0.4, -0.2) is 30.6 Å². The molecule has 0 bridgehead atoms. The van der Waals surface area contributed by atoms with E-state index in [1.807, 2.05) is 6.92 Å². The van der Waals surface area contributed by atoms with Gasteiger partial charge in [-0.2, -0.15) is 13.2 Å². The molecule has 0 aromatic carbocycles. The van der Waals surface area contributed by atoms with E-state index in [4.69, 9.17) is 5.11 Å². The van der Waals surface area contributed by atoms with Gasteiger partial charge in [-0.3, -0.25) is 0 Å². The summed E-state index contributed by atoms with van der Waals surface area (Å²) in [7, 11) is 0. The molecule has 0 aliphatic heterocycles. The second-order valence-corrected chi connectivity index (χ2v) is 3.53. The molecule has 0 rings (SSSR count). The van der Waals surface area contributed by atoms with Gasteiger partial charge in [0.05, 0.1) is 6.10 Å². The molecular formula is C9H17F3O2. The second-order valence-electron chi connectivity index (χ2n) is 3.53. The van der Waals surface area contributed by atoms with Crippen LogP contribution in [0.3, 0.4) is 0 Å². The van der Waals surface area contributed by atoms with Gasteiger partial charge in [0.1, 0.15) is 6.61 Å². The fourth-order valence-electron chi connectivity index (χ4n) is 0.936. The monoisotopic (exact) mass is 214 g/mol. The number of ether oxygens (including phenoxy) is 1. The zero-order valence-electron chi connectivity index (χ0n) is 8.47. The molecule has 0 radical (unpaired) electrons. The third-order valence-electron chi connectivity index (χ3n) is 2.04. The number of hydrogen-bond donors (Lipinski definition) is 1. The maximum atomic E-state index is 11.6. The summed E-state index contributed by atoms with van der Waals surface area (Å²) in [6, 6.07) is 0. The van der Waals surface area contributed by atoms with Crippen molar-refractivity contribution >= 4 is 0 Å². The van der Waals surface area contributed by atoms with E-state index < -0.39 is 18.9 Å². The van der Waals surface area contributed by atoms with Crippen LogP contribution in [-0.2, 0) is 4.74 Å². The maximum Gasteiger partial charge on any atom is 0.411 e. The summed E-state index contributed by atoms with van der Waals surface area (Å²) in [5.41, 5.74) is 0. The summed E-state index contributed by atoms with van der Waals surface area (Å²) in [4.78, 5) is 0. The number of hydrogen-bond acceptors (Lipinski definition) is 2. The van der Waals surface area contributed by atoms with Gasteiger partial charge in [0, 0.05) is 6.61 Å². The largest absolute Gasteiger partial charge is 0.411 e. The van der Waals surface area contributed by atoms with E-state index in [1.165, 1.54) is 0 Å². The Morgan fingerprint density at radius 1 is 1.29 bits per heavy atom. The first kappa shape index (κ1) is 13.7. The molecule has 0 saturated carbocycles. The standard InChI is InChI=1S/C9H17F3O2/c1-7(8(2)13)4-3-5-14-6-9(10,11)12/h7-8,13H,3-6H2,1-2H3. The van der Waals surface area contributed by atoms with Crippen molar-refractivity contribution in [2.24, 2.45) is 5.92 Å². The van der Waals surface area contributed by atoms with Gasteiger partial charge in [-0.25, -0.2) is 0 Å². The Kier molecular flexibility index (Phi) is 6.11. The summed E-state index contributed by atoms with van der Waals surface area (Å²) >= 11 is 0. The fourth-order valence-corrected chi connectivity index (χ4v) is 0.936. The van der Waals surface area contributed by atoms with E-state index in [-0.39, 0.29) is 12.5 Å². The van der Waals surface area contributed by atoms with E-state index in [9.17, 15) is 13.2 Å². The molecule has 2 unspecified atom stereocenters. The molecule has 86 valence electrons. The van der Waals surface area contributed by atoms with Crippen LogP contribution in [0, 0.1) is 5.92 Å². The molecule has 0 fully saturated rings. The maximum absolute atomic E-state index is 11.6. The number of aliphatic hydroxyl groups excluding tert-OH is 1. The normalized spacial score (nSPS) is 16.7. The first-order chi connectivity index (χ1) is 6.33. The molecule has 14 heavy (non-hydrogen) atoms. The van der Waals surface area contributed by atoms with Crippen LogP contribution in [0.2, 0.25) is 0 Å². The number of alkyl halides is 3. The van der Waals surface area contributed by atoms with Crippen molar-refractivity contribution in [1.82, 2.24) is 0 Å². The summed E-state index contributed by atoms with van der Waals surface area (Å²) in [5.74, 6) is 0.101. The van der Waals surface area contributed by atoms with Crippen molar-refractivity contribution in [2.75, 3.05) is 13.2 Å². The molecule has 0 saturated heterocycles. The lowest BCUT2D eigenvalue weighted by atomic mass is 10.0. The zero-order chi connectivity index (χ0) is 11.2. The van der Waals surface area contributed by atoms with Crippen molar-refractivity contribution in [1.29, 1.82) is 0 Å². The lowest BCUT2D eigenvalue weighted by Gasteiger charge is -2.14. The zero-order valence-corrected chi connectivity index (χ0v) is 8.47. The van der Waals surface area contributed by atoms with E-state index in [2.05, 4.69) is 4.74 Å². The third-order valence-corrected chi connectivity index (χ3v) is 2.04. The highest BCUT2D eigenvalue weighted by Gasteiger charge is 2.27. The highest BCUT2D eigenvalue weighted by Crippen LogP contribution is 2.15. The third kappa shape index (κ3) is 8.31. The number of rotatable bonds is 6. The van der Waals surface area contributed by atoms with Gasteiger partial charge in [-0.1, -0.05) is 6.92 Å². The SMILES string of the molecule is CC(O)C(C)CCCOCC(F)(F)F. The molecule has 0 amide bonds. The van der Waals surface area contributed by atoms with Crippen molar-refractivity contribution in [3.8, 4) is 0 Å². The van der Waals surface area contributed by atoms with Gasteiger partial charge in [0.15, 0.2) is 0 Å². The first-order valence-electron chi connectivity index (χ1n) is 4.65. The van der Waals surface area contributed by atoms with Crippen molar-refractivity contribution in [3.63, 3.8) is 0 Å². The fraction of sp³-hybridized carbons (Fsp3) is 1.00. The van der Waals surface area contributed by atoms with E-state index >= 15 is 0 Å². The van der Waals surface area contributed by atoms with Gasteiger partial charge in [0.25, 0.3) is 0 Å². The molecular weight excluding hydrogens is 197 g/mol. The number of aliphatic hydroxyl groups is 1. The molecule has 0 aliphatic rings. The van der Waals surface area contributed by atoms with Crippen LogP contribution in [0.1, 0.15) is 26.7 Å². The van der Waals surface area contributed by atoms with Gasteiger partial charge in [0.2, 0.25) is 0 Å². The predicted octanol–water partition coefficient (Wildman–Crippen LogP) is 2.36. The molecule has 0 aromatic rings. The minimum atomic E-state index is -4.24. The minimum absolute atomic E-state index is 0.0938. The van der Waals surface area contributed by atoms with Crippen LogP contribution in [0.15, 0.2) is 0 Å². The molecule has 2 atom stereocenters. The molecule has 0 aromatic heterocycles. The molecule has 0 heterocycles. The minimum Gasteiger partial charge on any atom is -0.393 e. The van der Waals surface area contributed by atoms with Crippen molar-refractivity contribution in [2.45, 2.75) is 39.0 Å². The Bertz CT molecular complexity index is 145. The smallest absolute Gasteiger partial charge is 0.393 e. The predicted molar refractivity (Wildman–Crippen MR) is 47.0 cm³/mol. The van der Waals surface area contributed by atoms with E-state index in [0.29, 0.717) is 12.8 Å². The average molecular weight is 214 g/mol. The number of halogens is 3. The highest BCUT2D eigenvalue weighted by molar-refractivity contribution is 4.58. The van der Waals surface area contributed by atoms with Gasteiger partial charge in [-0.05, 0) is 25.7 Å². The quantitative estimate of drug-likeness (QED) is 0.688. The summed E-state index contributed by atoms with van der Waals surface area (Å²) in [5, 5.41) is 9.09. The van der Waals surface area contributed by atoms with Gasteiger partial charge >= 0.3 is 6.18 Å². The van der Waals surface area contributed by atoms with Crippen LogP contribution in [0.25, 0.3) is 0 Å². The highest BCUT2D eigenvalue weighted by atomic mass is 19.4. The average Bonchev–Trinajstić information content (AvgIpc) is 2.01. The lowest BCUT2D eigenvalue weighted by Crippen LogP contribution is -2.18. The summed E-state index contributed by atoms with van der Waals surface area (Å²) < 4.78 is 39.2. The summed E-state index contributed by atoms with van der Waals surface area (Å²) in [6.07, 6.45) is -3.44. The van der Waals surface area contributed by atoms with Crippen LogP contribution < -0.4 is 0 Å². The van der Waals surface area contributed by atoms with Crippen molar-refractivity contribution in [3.05, 3.63) is 0 Å². The lowest BCUT2D eigenvalue weighted by molar-refractivity contribution is -0.174. The van der Waals surface area contributed by atoms with Crippen molar-refractivity contribution < 1.29 is 23.0 Å². The van der Waals surface area contributed by atoms with E-state index in [0.717, 1.165) is 0 Å². The molecule has 5 heteroatoms. The Hall–Kier alpha value is -0.290.